The van der Waals surface area contributed by atoms with Crippen molar-refractivity contribution in [1.82, 2.24) is 20.2 Å². The SMILES string of the molecule is Cc1cc(N)cc(-c2nnnn2C(C)CC(F)(F)F)c1. The van der Waals surface area contributed by atoms with E-state index in [0.29, 0.717) is 11.3 Å². The largest absolute Gasteiger partial charge is 0.399 e. The Morgan fingerprint density at radius 3 is 2.60 bits per heavy atom. The molecule has 0 aliphatic carbocycles. The predicted octanol–water partition coefficient (Wildman–Crippen LogP) is 2.74. The lowest BCUT2D eigenvalue weighted by Crippen LogP contribution is -2.18. The first-order valence-electron chi connectivity index (χ1n) is 5.98. The zero-order chi connectivity index (χ0) is 14.9. The first-order valence-corrected chi connectivity index (χ1v) is 5.98. The lowest BCUT2D eigenvalue weighted by molar-refractivity contribution is -0.142. The van der Waals surface area contributed by atoms with Gasteiger partial charge in [0.05, 0.1) is 12.5 Å². The van der Waals surface area contributed by atoms with Gasteiger partial charge in [0.1, 0.15) is 0 Å². The van der Waals surface area contributed by atoms with Gasteiger partial charge in [-0.1, -0.05) is 0 Å². The number of aromatic nitrogens is 4. The summed E-state index contributed by atoms with van der Waals surface area (Å²) < 4.78 is 38.5. The molecule has 0 radical (unpaired) electrons. The van der Waals surface area contributed by atoms with Crippen LogP contribution in [-0.2, 0) is 0 Å². The zero-order valence-corrected chi connectivity index (χ0v) is 11.0. The molecule has 2 aromatic rings. The predicted molar refractivity (Wildman–Crippen MR) is 67.8 cm³/mol. The second kappa shape index (κ2) is 5.10. The van der Waals surface area contributed by atoms with Crippen molar-refractivity contribution in [2.24, 2.45) is 0 Å². The van der Waals surface area contributed by atoms with E-state index in [1.165, 1.54) is 11.6 Å². The van der Waals surface area contributed by atoms with Crippen LogP contribution in [0.1, 0.15) is 24.9 Å². The minimum Gasteiger partial charge on any atom is -0.399 e. The van der Waals surface area contributed by atoms with Gasteiger partial charge in [-0.15, -0.1) is 5.10 Å². The maximum absolute atomic E-state index is 12.5. The second-order valence-electron chi connectivity index (χ2n) is 4.75. The monoisotopic (exact) mass is 285 g/mol. The third kappa shape index (κ3) is 3.25. The molecule has 0 amide bonds. The van der Waals surface area contributed by atoms with Gasteiger partial charge in [-0.25, -0.2) is 4.68 Å². The summed E-state index contributed by atoms with van der Waals surface area (Å²) in [5.74, 6) is 0.275. The van der Waals surface area contributed by atoms with Crippen LogP contribution in [0, 0.1) is 6.92 Å². The van der Waals surface area contributed by atoms with E-state index < -0.39 is 18.6 Å². The van der Waals surface area contributed by atoms with Crippen LogP contribution >= 0.6 is 0 Å². The number of rotatable bonds is 3. The van der Waals surface area contributed by atoms with Gasteiger partial charge in [0.2, 0.25) is 0 Å². The van der Waals surface area contributed by atoms with Crippen LogP contribution in [0.15, 0.2) is 18.2 Å². The highest BCUT2D eigenvalue weighted by molar-refractivity contribution is 5.62. The molecule has 2 rings (SSSR count). The average Bonchev–Trinajstić information content (AvgIpc) is 2.73. The van der Waals surface area contributed by atoms with Gasteiger partial charge in [-0.2, -0.15) is 13.2 Å². The molecule has 0 bridgehead atoms. The Kier molecular flexibility index (Phi) is 3.65. The highest BCUT2D eigenvalue weighted by atomic mass is 19.4. The fourth-order valence-electron chi connectivity index (χ4n) is 2.04. The first kappa shape index (κ1) is 14.3. The molecule has 5 nitrogen and oxygen atoms in total. The minimum absolute atomic E-state index is 0.275. The van der Waals surface area contributed by atoms with E-state index in [1.807, 2.05) is 6.92 Å². The van der Waals surface area contributed by atoms with E-state index in [-0.39, 0.29) is 5.82 Å². The molecule has 1 aromatic carbocycles. The molecule has 20 heavy (non-hydrogen) atoms. The Bertz CT molecular complexity index is 585. The number of halogens is 3. The fourth-order valence-corrected chi connectivity index (χ4v) is 2.04. The summed E-state index contributed by atoms with van der Waals surface area (Å²) in [6, 6.07) is 4.28. The smallest absolute Gasteiger partial charge is 0.391 e. The third-order valence-electron chi connectivity index (χ3n) is 2.80. The van der Waals surface area contributed by atoms with Gasteiger partial charge in [0.15, 0.2) is 5.82 Å². The van der Waals surface area contributed by atoms with Crippen molar-refractivity contribution >= 4 is 5.69 Å². The Labute approximate surface area is 113 Å². The highest BCUT2D eigenvalue weighted by Gasteiger charge is 2.32. The molecule has 0 saturated carbocycles. The summed E-state index contributed by atoms with van der Waals surface area (Å²) in [5, 5.41) is 10.9. The molecule has 2 N–H and O–H groups in total. The Hall–Kier alpha value is -2.12. The molecular weight excluding hydrogens is 271 g/mol. The Morgan fingerprint density at radius 2 is 2.00 bits per heavy atom. The van der Waals surface area contributed by atoms with Crippen molar-refractivity contribution in [3.8, 4) is 11.4 Å². The second-order valence-corrected chi connectivity index (χ2v) is 4.75. The molecule has 108 valence electrons. The maximum Gasteiger partial charge on any atom is 0.391 e. The van der Waals surface area contributed by atoms with Gasteiger partial charge in [0.25, 0.3) is 0 Å². The van der Waals surface area contributed by atoms with Gasteiger partial charge in [-0.3, -0.25) is 0 Å². The highest BCUT2D eigenvalue weighted by Crippen LogP contribution is 2.30. The van der Waals surface area contributed by atoms with E-state index in [4.69, 9.17) is 5.73 Å². The van der Waals surface area contributed by atoms with Crippen molar-refractivity contribution in [2.45, 2.75) is 32.5 Å². The molecule has 0 saturated heterocycles. The van der Waals surface area contributed by atoms with E-state index in [2.05, 4.69) is 15.5 Å². The molecule has 0 aliphatic heterocycles. The van der Waals surface area contributed by atoms with Gasteiger partial charge in [0, 0.05) is 11.3 Å². The van der Waals surface area contributed by atoms with Crippen molar-refractivity contribution in [2.75, 3.05) is 5.73 Å². The Balaban J connectivity index is 2.37. The molecule has 0 spiro atoms. The number of hydrogen-bond acceptors (Lipinski definition) is 4. The standard InChI is InChI=1S/C12H14F3N5/c1-7-3-9(5-10(16)4-7)11-17-18-19-20(11)8(2)6-12(13,14)15/h3-5,8H,6,16H2,1-2H3. The number of nitrogens with zero attached hydrogens (tertiary/aromatic N) is 4. The molecule has 1 aromatic heterocycles. The Morgan fingerprint density at radius 1 is 1.30 bits per heavy atom. The summed E-state index contributed by atoms with van der Waals surface area (Å²) in [4.78, 5) is 0. The average molecular weight is 285 g/mol. The number of tetrazole rings is 1. The number of nitrogen functional groups attached to an aromatic ring is 1. The van der Waals surface area contributed by atoms with E-state index >= 15 is 0 Å². The quantitative estimate of drug-likeness (QED) is 0.880. The van der Waals surface area contributed by atoms with E-state index in [0.717, 1.165) is 5.56 Å². The van der Waals surface area contributed by atoms with Gasteiger partial charge in [-0.05, 0) is 48.0 Å². The number of benzene rings is 1. The fraction of sp³-hybridized carbons (Fsp3) is 0.417. The summed E-state index contributed by atoms with van der Waals surface area (Å²) in [5.41, 5.74) is 7.73. The topological polar surface area (TPSA) is 69.6 Å². The van der Waals surface area contributed by atoms with Crippen molar-refractivity contribution < 1.29 is 13.2 Å². The molecule has 8 heteroatoms. The molecule has 1 heterocycles. The number of anilines is 1. The van der Waals surface area contributed by atoms with Crippen LogP contribution in [0.2, 0.25) is 0 Å². The summed E-state index contributed by atoms with van der Waals surface area (Å²) in [7, 11) is 0. The van der Waals surface area contributed by atoms with Crippen LogP contribution in [-0.4, -0.2) is 26.4 Å². The number of nitrogens with two attached hydrogens (primary N) is 1. The van der Waals surface area contributed by atoms with Crippen LogP contribution in [0.25, 0.3) is 11.4 Å². The van der Waals surface area contributed by atoms with Crippen molar-refractivity contribution in [3.05, 3.63) is 23.8 Å². The van der Waals surface area contributed by atoms with Gasteiger partial charge < -0.3 is 5.73 Å². The van der Waals surface area contributed by atoms with E-state index in [1.54, 1.807) is 18.2 Å². The van der Waals surface area contributed by atoms with Crippen molar-refractivity contribution in [1.29, 1.82) is 0 Å². The van der Waals surface area contributed by atoms with Crippen LogP contribution < -0.4 is 5.73 Å². The summed E-state index contributed by atoms with van der Waals surface area (Å²) in [6.45, 7) is 3.26. The molecule has 0 fully saturated rings. The van der Waals surface area contributed by atoms with Crippen molar-refractivity contribution in [3.63, 3.8) is 0 Å². The molecular formula is C12H14F3N5. The maximum atomic E-state index is 12.5. The third-order valence-corrected chi connectivity index (χ3v) is 2.80. The molecule has 1 unspecified atom stereocenters. The normalized spacial score (nSPS) is 13.4. The first-order chi connectivity index (χ1) is 9.26. The number of aryl methyl sites for hydroxylation is 1. The van der Waals surface area contributed by atoms with Crippen LogP contribution in [0.4, 0.5) is 18.9 Å². The molecule has 1 atom stereocenters. The van der Waals surface area contributed by atoms with Crippen LogP contribution in [0.3, 0.4) is 0 Å². The number of alkyl halides is 3. The minimum atomic E-state index is -4.27. The van der Waals surface area contributed by atoms with Gasteiger partial charge >= 0.3 is 6.18 Å². The lowest BCUT2D eigenvalue weighted by Gasteiger charge is -2.15. The summed E-state index contributed by atoms with van der Waals surface area (Å²) in [6.07, 6.45) is -5.26. The molecule has 0 aliphatic rings. The van der Waals surface area contributed by atoms with Crippen LogP contribution in [0.5, 0.6) is 0 Å². The zero-order valence-electron chi connectivity index (χ0n) is 11.0. The summed E-state index contributed by atoms with van der Waals surface area (Å²) >= 11 is 0. The lowest BCUT2D eigenvalue weighted by atomic mass is 10.1. The van der Waals surface area contributed by atoms with E-state index in [9.17, 15) is 13.2 Å². The number of hydrogen-bond donors (Lipinski definition) is 1.